The van der Waals surface area contributed by atoms with Crippen LogP contribution in [0.4, 0.5) is 0 Å². The van der Waals surface area contributed by atoms with Gasteiger partial charge in [0.15, 0.2) is 0 Å². The molecule has 3 nitrogen and oxygen atoms in total. The molecule has 6 heteroatoms. The molecule has 1 rings (SSSR count). The van der Waals surface area contributed by atoms with E-state index in [-0.39, 0.29) is 6.42 Å². The summed E-state index contributed by atoms with van der Waals surface area (Å²) in [6, 6.07) is 0. The van der Waals surface area contributed by atoms with Gasteiger partial charge < -0.3 is 0 Å². The third-order valence-corrected chi connectivity index (χ3v) is 3.82. The summed E-state index contributed by atoms with van der Waals surface area (Å²) < 4.78 is 0. The van der Waals surface area contributed by atoms with E-state index in [0.717, 1.165) is 6.42 Å². The summed E-state index contributed by atoms with van der Waals surface area (Å²) in [4.78, 5) is 33.8. The first kappa shape index (κ1) is 12.9. The molecule has 1 fully saturated rings. The molecule has 0 aromatic heterocycles. The van der Waals surface area contributed by atoms with Crippen LogP contribution in [0.2, 0.25) is 0 Å². The Kier molecular flexibility index (Phi) is 4.15. The van der Waals surface area contributed by atoms with E-state index in [4.69, 9.17) is 34.8 Å². The highest BCUT2D eigenvalue weighted by Gasteiger charge is 2.54. The summed E-state index contributed by atoms with van der Waals surface area (Å²) in [7, 11) is 0. The van der Waals surface area contributed by atoms with Gasteiger partial charge in [-0.05, 0) is 47.6 Å². The van der Waals surface area contributed by atoms with Gasteiger partial charge in [0.05, 0.1) is 5.92 Å². The Morgan fingerprint density at radius 2 is 1.53 bits per heavy atom. The number of hydrogen-bond donors (Lipinski definition) is 0. The van der Waals surface area contributed by atoms with E-state index in [9.17, 15) is 14.4 Å². The number of rotatable bonds is 3. The van der Waals surface area contributed by atoms with Crippen LogP contribution in [0.3, 0.4) is 0 Å². The summed E-state index contributed by atoms with van der Waals surface area (Å²) in [5, 5.41) is -2.50. The molecule has 1 aliphatic rings. The van der Waals surface area contributed by atoms with Crippen molar-refractivity contribution in [2.24, 2.45) is 11.3 Å². The van der Waals surface area contributed by atoms with Crippen molar-refractivity contribution in [2.75, 3.05) is 0 Å². The van der Waals surface area contributed by atoms with Gasteiger partial charge in [0, 0.05) is 0 Å². The van der Waals surface area contributed by atoms with E-state index >= 15 is 0 Å². The van der Waals surface area contributed by atoms with Crippen LogP contribution >= 0.6 is 34.8 Å². The zero-order chi connectivity index (χ0) is 11.6. The van der Waals surface area contributed by atoms with Crippen molar-refractivity contribution < 1.29 is 14.4 Å². The lowest BCUT2D eigenvalue weighted by Crippen LogP contribution is -2.46. The van der Waals surface area contributed by atoms with Crippen molar-refractivity contribution in [3.8, 4) is 0 Å². The van der Waals surface area contributed by atoms with Gasteiger partial charge >= 0.3 is 0 Å². The van der Waals surface area contributed by atoms with Crippen LogP contribution in [0.15, 0.2) is 0 Å². The van der Waals surface area contributed by atoms with Crippen molar-refractivity contribution in [3.05, 3.63) is 0 Å². The van der Waals surface area contributed by atoms with E-state index < -0.39 is 27.1 Å². The van der Waals surface area contributed by atoms with Gasteiger partial charge in [0.1, 0.15) is 5.41 Å². The fourth-order valence-electron chi connectivity index (χ4n) is 2.03. The highest BCUT2D eigenvalue weighted by Crippen LogP contribution is 2.45. The molecule has 15 heavy (non-hydrogen) atoms. The predicted molar refractivity (Wildman–Crippen MR) is 57.0 cm³/mol. The molecule has 0 radical (unpaired) electrons. The Balaban J connectivity index is 3.16. The molecule has 0 amide bonds. The average molecular weight is 272 g/mol. The highest BCUT2D eigenvalue weighted by atomic mass is 35.5. The summed E-state index contributed by atoms with van der Waals surface area (Å²) >= 11 is 16.2. The SMILES string of the molecule is O=C(Cl)C1CCCCC1(C(=O)Cl)C(=O)Cl. The Hall–Kier alpha value is -0.120. The molecule has 0 spiro atoms. The van der Waals surface area contributed by atoms with Crippen LogP contribution < -0.4 is 0 Å². The van der Waals surface area contributed by atoms with Crippen molar-refractivity contribution in [1.82, 2.24) is 0 Å². The minimum Gasteiger partial charge on any atom is -0.281 e. The van der Waals surface area contributed by atoms with Crippen LogP contribution in [-0.4, -0.2) is 15.7 Å². The second-order valence-electron chi connectivity index (χ2n) is 3.62. The van der Waals surface area contributed by atoms with Gasteiger partial charge in [-0.1, -0.05) is 12.8 Å². The van der Waals surface area contributed by atoms with Gasteiger partial charge in [-0.15, -0.1) is 0 Å². The minimum absolute atomic E-state index is 0.195. The molecule has 0 aromatic carbocycles. The van der Waals surface area contributed by atoms with Crippen molar-refractivity contribution in [1.29, 1.82) is 0 Å². The summed E-state index contributed by atoms with van der Waals surface area (Å²) in [5.41, 5.74) is -1.61. The Morgan fingerprint density at radius 1 is 1.00 bits per heavy atom. The molecule has 1 saturated carbocycles. The second-order valence-corrected chi connectivity index (χ2v) is 4.68. The monoisotopic (exact) mass is 270 g/mol. The molecule has 0 N–H and O–H groups in total. The van der Waals surface area contributed by atoms with Crippen molar-refractivity contribution in [3.63, 3.8) is 0 Å². The van der Waals surface area contributed by atoms with E-state index in [0.29, 0.717) is 12.8 Å². The maximum atomic E-state index is 11.3. The van der Waals surface area contributed by atoms with Crippen LogP contribution in [-0.2, 0) is 14.4 Å². The molecule has 0 heterocycles. The topological polar surface area (TPSA) is 51.2 Å². The van der Waals surface area contributed by atoms with Crippen LogP contribution in [0.5, 0.6) is 0 Å². The lowest BCUT2D eigenvalue weighted by Gasteiger charge is -2.35. The van der Waals surface area contributed by atoms with E-state index in [1.54, 1.807) is 0 Å². The zero-order valence-corrected chi connectivity index (χ0v) is 10.0. The summed E-state index contributed by atoms with van der Waals surface area (Å²) in [6.07, 6.45) is 1.94. The first-order valence-electron chi connectivity index (χ1n) is 4.52. The fraction of sp³-hybridized carbons (Fsp3) is 0.667. The normalized spacial score (nSPS) is 24.6. The maximum Gasteiger partial charge on any atom is 0.237 e. The maximum absolute atomic E-state index is 11.3. The number of carbonyl (C=O) groups is 3. The molecule has 84 valence electrons. The first-order valence-corrected chi connectivity index (χ1v) is 5.65. The van der Waals surface area contributed by atoms with Gasteiger partial charge in [0.2, 0.25) is 15.7 Å². The molecule has 1 aliphatic carbocycles. The van der Waals surface area contributed by atoms with E-state index in [1.165, 1.54) is 0 Å². The number of hydrogen-bond acceptors (Lipinski definition) is 3. The first-order chi connectivity index (χ1) is 6.93. The smallest absolute Gasteiger partial charge is 0.237 e. The molecule has 0 bridgehead atoms. The van der Waals surface area contributed by atoms with Crippen LogP contribution in [0.25, 0.3) is 0 Å². The number of carbonyl (C=O) groups excluding carboxylic acids is 3. The van der Waals surface area contributed by atoms with Crippen molar-refractivity contribution in [2.45, 2.75) is 25.7 Å². The molecule has 0 aromatic rings. The second kappa shape index (κ2) is 4.81. The zero-order valence-electron chi connectivity index (χ0n) is 7.76. The predicted octanol–water partition coefficient (Wildman–Crippen LogP) is 2.46. The van der Waals surface area contributed by atoms with E-state index in [2.05, 4.69) is 0 Å². The third kappa shape index (κ3) is 2.19. The minimum atomic E-state index is -1.61. The van der Waals surface area contributed by atoms with Crippen molar-refractivity contribution >= 4 is 50.5 Å². The molecule has 0 aliphatic heterocycles. The average Bonchev–Trinajstić information content (AvgIpc) is 2.16. The molecular weight excluding hydrogens is 262 g/mol. The van der Waals surface area contributed by atoms with Gasteiger partial charge in [-0.3, -0.25) is 14.4 Å². The largest absolute Gasteiger partial charge is 0.281 e. The lowest BCUT2D eigenvalue weighted by atomic mass is 9.68. The molecular formula is C9H9Cl3O3. The Labute approximate surface area is 102 Å². The molecule has 1 unspecified atom stereocenters. The summed E-state index contributed by atoms with van der Waals surface area (Å²) in [5.74, 6) is -0.886. The highest BCUT2D eigenvalue weighted by molar-refractivity contribution is 6.75. The standard InChI is InChI=1S/C9H9Cl3O3/c10-6(13)5-3-1-2-4-9(5,7(11)14)8(12)15/h5H,1-4H2. The lowest BCUT2D eigenvalue weighted by molar-refractivity contribution is -0.142. The number of halogens is 3. The van der Waals surface area contributed by atoms with Gasteiger partial charge in [-0.2, -0.15) is 0 Å². The van der Waals surface area contributed by atoms with Gasteiger partial charge in [0.25, 0.3) is 0 Å². The van der Waals surface area contributed by atoms with E-state index in [1.807, 2.05) is 0 Å². The summed E-state index contributed by atoms with van der Waals surface area (Å²) in [6.45, 7) is 0. The van der Waals surface area contributed by atoms with Crippen LogP contribution in [0, 0.1) is 11.3 Å². The quantitative estimate of drug-likeness (QED) is 0.585. The third-order valence-electron chi connectivity index (χ3n) is 2.88. The fourth-order valence-corrected chi connectivity index (χ4v) is 3.00. The van der Waals surface area contributed by atoms with Gasteiger partial charge in [-0.25, -0.2) is 0 Å². The Morgan fingerprint density at radius 3 is 1.87 bits per heavy atom. The van der Waals surface area contributed by atoms with Crippen LogP contribution in [0.1, 0.15) is 25.7 Å². The molecule has 1 atom stereocenters. The Bertz CT molecular complexity index is 300. The molecule has 0 saturated heterocycles.